The first-order chi connectivity index (χ1) is 7.68. The minimum absolute atomic E-state index is 0.0196. The van der Waals surface area contributed by atoms with E-state index in [1.807, 2.05) is 5.38 Å². The summed E-state index contributed by atoms with van der Waals surface area (Å²) < 4.78 is 1.64. The Labute approximate surface area is 104 Å². The van der Waals surface area contributed by atoms with Crippen LogP contribution in [0.1, 0.15) is 9.67 Å². The van der Waals surface area contributed by atoms with Crippen LogP contribution < -0.4 is 5.56 Å². The molecule has 6 heteroatoms. The predicted molar refractivity (Wildman–Crippen MR) is 64.8 cm³/mol. The third kappa shape index (κ3) is 2.28. The first-order valence-electron chi connectivity index (χ1n) is 4.45. The number of hydrogen-bond donors (Lipinski definition) is 0. The largest absolute Gasteiger partial charge is 0.291 e. The zero-order valence-corrected chi connectivity index (χ0v) is 10.5. The molecule has 0 aliphatic carbocycles. The van der Waals surface area contributed by atoms with Crippen LogP contribution in [-0.4, -0.2) is 15.3 Å². The van der Waals surface area contributed by atoms with E-state index in [9.17, 15) is 9.59 Å². The van der Waals surface area contributed by atoms with Gasteiger partial charge in [-0.1, -0.05) is 6.07 Å². The minimum Gasteiger partial charge on any atom is -0.291 e. The van der Waals surface area contributed by atoms with E-state index in [1.54, 1.807) is 12.1 Å². The number of ketones is 1. The molecule has 82 valence electrons. The summed E-state index contributed by atoms with van der Waals surface area (Å²) in [4.78, 5) is 27.8. The minimum atomic E-state index is -0.250. The fourth-order valence-electron chi connectivity index (χ4n) is 1.21. The SMILES string of the molecule is O=C(Cn1cncc(Br)c1=O)c1cccs1. The van der Waals surface area contributed by atoms with Crippen LogP contribution in [0.4, 0.5) is 0 Å². The molecule has 0 aliphatic heterocycles. The highest BCUT2D eigenvalue weighted by Gasteiger charge is 2.09. The fraction of sp³-hybridized carbons (Fsp3) is 0.100. The highest BCUT2D eigenvalue weighted by atomic mass is 79.9. The molecule has 0 radical (unpaired) electrons. The molecule has 0 amide bonds. The van der Waals surface area contributed by atoms with Crippen molar-refractivity contribution in [3.05, 3.63) is 49.7 Å². The molecule has 0 bridgehead atoms. The summed E-state index contributed by atoms with van der Waals surface area (Å²) in [5.74, 6) is -0.0861. The van der Waals surface area contributed by atoms with Crippen molar-refractivity contribution >= 4 is 33.0 Å². The van der Waals surface area contributed by atoms with Gasteiger partial charge in [0, 0.05) is 6.20 Å². The van der Waals surface area contributed by atoms with Gasteiger partial charge in [-0.15, -0.1) is 11.3 Å². The molecule has 0 unspecified atom stereocenters. The third-order valence-corrected chi connectivity index (χ3v) is 3.42. The number of nitrogens with zero attached hydrogens (tertiary/aromatic N) is 2. The molecule has 0 saturated heterocycles. The average Bonchev–Trinajstić information content (AvgIpc) is 2.78. The van der Waals surface area contributed by atoms with Gasteiger partial charge in [0.25, 0.3) is 5.56 Å². The Bertz CT molecular complexity index is 562. The van der Waals surface area contributed by atoms with Gasteiger partial charge < -0.3 is 0 Å². The lowest BCUT2D eigenvalue weighted by atomic mass is 10.3. The van der Waals surface area contributed by atoms with E-state index in [0.717, 1.165) is 0 Å². The second-order valence-electron chi connectivity index (χ2n) is 3.08. The van der Waals surface area contributed by atoms with Crippen molar-refractivity contribution in [1.82, 2.24) is 9.55 Å². The molecule has 2 aromatic rings. The maximum absolute atomic E-state index is 11.7. The summed E-state index contributed by atoms with van der Waals surface area (Å²) in [5, 5.41) is 1.83. The van der Waals surface area contributed by atoms with Gasteiger partial charge in [0.2, 0.25) is 0 Å². The van der Waals surface area contributed by atoms with Gasteiger partial charge in [0.1, 0.15) is 4.47 Å². The quantitative estimate of drug-likeness (QED) is 0.814. The smallest absolute Gasteiger partial charge is 0.268 e. The molecule has 0 saturated carbocycles. The molecule has 2 aromatic heterocycles. The van der Waals surface area contributed by atoms with Gasteiger partial charge >= 0.3 is 0 Å². The van der Waals surface area contributed by atoms with Crippen LogP contribution in [0.3, 0.4) is 0 Å². The Hall–Kier alpha value is -1.27. The normalized spacial score (nSPS) is 10.3. The lowest BCUT2D eigenvalue weighted by molar-refractivity contribution is 0.0974. The second-order valence-corrected chi connectivity index (χ2v) is 4.88. The number of carbonyl (C=O) groups excluding carboxylic acids is 1. The Morgan fingerprint density at radius 2 is 2.38 bits per heavy atom. The van der Waals surface area contributed by atoms with Crippen LogP contribution in [0.5, 0.6) is 0 Å². The maximum atomic E-state index is 11.7. The first kappa shape index (κ1) is 11.2. The van der Waals surface area contributed by atoms with Crippen LogP contribution in [0, 0.1) is 0 Å². The number of halogens is 1. The first-order valence-corrected chi connectivity index (χ1v) is 6.12. The van der Waals surface area contributed by atoms with Gasteiger partial charge in [-0.3, -0.25) is 14.2 Å². The predicted octanol–water partition coefficient (Wildman–Crippen LogP) is 1.95. The molecular formula is C10H7BrN2O2S. The summed E-state index contributed by atoms with van der Waals surface area (Å²) in [6.45, 7) is 0.0196. The molecule has 0 spiro atoms. The fourth-order valence-corrected chi connectivity index (χ4v) is 2.21. The van der Waals surface area contributed by atoms with E-state index in [4.69, 9.17) is 0 Å². The van der Waals surface area contributed by atoms with Crippen LogP contribution in [0.25, 0.3) is 0 Å². The van der Waals surface area contributed by atoms with Crippen LogP contribution in [0.15, 0.2) is 39.3 Å². The van der Waals surface area contributed by atoms with E-state index in [2.05, 4.69) is 20.9 Å². The summed E-state index contributed by atoms with van der Waals surface area (Å²) in [6.07, 6.45) is 2.77. The number of rotatable bonds is 3. The number of Topliss-reactive ketones (excluding diaryl/α,β-unsaturated/α-hetero) is 1. The van der Waals surface area contributed by atoms with Crippen LogP contribution in [-0.2, 0) is 6.54 Å². The van der Waals surface area contributed by atoms with Gasteiger partial charge in [0.15, 0.2) is 5.78 Å². The van der Waals surface area contributed by atoms with Crippen molar-refractivity contribution in [2.75, 3.05) is 0 Å². The van der Waals surface area contributed by atoms with Crippen molar-refractivity contribution < 1.29 is 4.79 Å². The monoisotopic (exact) mass is 298 g/mol. The average molecular weight is 299 g/mol. The summed E-state index contributed by atoms with van der Waals surface area (Å²) in [7, 11) is 0. The molecule has 2 rings (SSSR count). The van der Waals surface area contributed by atoms with E-state index < -0.39 is 0 Å². The Balaban J connectivity index is 2.25. The molecule has 4 nitrogen and oxygen atoms in total. The molecule has 0 atom stereocenters. The highest BCUT2D eigenvalue weighted by molar-refractivity contribution is 9.10. The lowest BCUT2D eigenvalue weighted by Gasteiger charge is -2.02. The summed E-state index contributed by atoms with van der Waals surface area (Å²) >= 11 is 4.44. The number of aromatic nitrogens is 2. The van der Waals surface area contributed by atoms with E-state index >= 15 is 0 Å². The second kappa shape index (κ2) is 4.71. The summed E-state index contributed by atoms with van der Waals surface area (Å²) in [6, 6.07) is 3.54. The maximum Gasteiger partial charge on any atom is 0.268 e. The molecule has 16 heavy (non-hydrogen) atoms. The number of thiophene rings is 1. The third-order valence-electron chi connectivity index (χ3n) is 1.97. The number of carbonyl (C=O) groups is 1. The van der Waals surface area contributed by atoms with Crippen molar-refractivity contribution in [3.63, 3.8) is 0 Å². The molecule has 0 fully saturated rings. The Morgan fingerprint density at radius 3 is 3.06 bits per heavy atom. The lowest BCUT2D eigenvalue weighted by Crippen LogP contribution is -2.24. The Morgan fingerprint density at radius 1 is 1.56 bits per heavy atom. The van der Waals surface area contributed by atoms with Gasteiger partial charge in [-0.25, -0.2) is 4.98 Å². The molecule has 0 aliphatic rings. The highest BCUT2D eigenvalue weighted by Crippen LogP contribution is 2.10. The van der Waals surface area contributed by atoms with Gasteiger partial charge in [0.05, 0.1) is 17.7 Å². The van der Waals surface area contributed by atoms with Crippen molar-refractivity contribution in [2.45, 2.75) is 6.54 Å². The van der Waals surface area contributed by atoms with Crippen LogP contribution >= 0.6 is 27.3 Å². The topological polar surface area (TPSA) is 52.0 Å². The van der Waals surface area contributed by atoms with E-state index in [-0.39, 0.29) is 17.9 Å². The van der Waals surface area contributed by atoms with Crippen molar-refractivity contribution in [2.24, 2.45) is 0 Å². The van der Waals surface area contributed by atoms with Gasteiger partial charge in [-0.2, -0.15) is 0 Å². The molecule has 0 aromatic carbocycles. The van der Waals surface area contributed by atoms with Crippen molar-refractivity contribution in [1.29, 1.82) is 0 Å². The Kier molecular flexibility index (Phi) is 3.31. The zero-order chi connectivity index (χ0) is 11.5. The number of hydrogen-bond acceptors (Lipinski definition) is 4. The molecule has 2 heterocycles. The van der Waals surface area contributed by atoms with E-state index in [0.29, 0.717) is 9.35 Å². The molecule has 0 N–H and O–H groups in total. The zero-order valence-electron chi connectivity index (χ0n) is 8.09. The standard InChI is InChI=1S/C10H7BrN2O2S/c11-7-4-12-6-13(10(7)15)5-8(14)9-2-1-3-16-9/h1-4,6H,5H2. The molecular weight excluding hydrogens is 292 g/mol. The van der Waals surface area contributed by atoms with Crippen molar-refractivity contribution in [3.8, 4) is 0 Å². The van der Waals surface area contributed by atoms with E-state index in [1.165, 1.54) is 28.4 Å². The van der Waals surface area contributed by atoms with Gasteiger partial charge in [-0.05, 0) is 27.4 Å². The summed E-state index contributed by atoms with van der Waals surface area (Å²) in [5.41, 5.74) is -0.250. The van der Waals surface area contributed by atoms with Crippen LogP contribution in [0.2, 0.25) is 0 Å².